The second-order valence-electron chi connectivity index (χ2n) is 4.93. The summed E-state index contributed by atoms with van der Waals surface area (Å²) in [5, 5.41) is 3.35. The number of nitrogens with zero attached hydrogens (tertiary/aromatic N) is 3. The Morgan fingerprint density at radius 3 is 2.86 bits per heavy atom. The summed E-state index contributed by atoms with van der Waals surface area (Å²) in [4.78, 5) is 10.9. The summed E-state index contributed by atoms with van der Waals surface area (Å²) in [6, 6.07) is 7.84. The Morgan fingerprint density at radius 2 is 2.10 bits per heavy atom. The van der Waals surface area contributed by atoms with Crippen molar-refractivity contribution in [1.82, 2.24) is 15.3 Å². The lowest BCUT2D eigenvalue weighted by Crippen LogP contribution is -2.43. The summed E-state index contributed by atoms with van der Waals surface area (Å²) in [7, 11) is 1.66. The summed E-state index contributed by atoms with van der Waals surface area (Å²) in [6.45, 7) is 3.79. The first-order chi connectivity index (χ1) is 10.3. The van der Waals surface area contributed by atoms with E-state index >= 15 is 0 Å². The largest absolute Gasteiger partial charge is 0.497 e. The second kappa shape index (κ2) is 5.97. The molecule has 6 heteroatoms. The van der Waals surface area contributed by atoms with Crippen LogP contribution in [0.2, 0.25) is 0 Å². The minimum absolute atomic E-state index is 0.284. The molecule has 110 valence electrons. The van der Waals surface area contributed by atoms with Gasteiger partial charge in [0.1, 0.15) is 5.75 Å². The molecule has 2 aromatic rings. The zero-order valence-corrected chi connectivity index (χ0v) is 12.0. The fourth-order valence-corrected chi connectivity index (χ4v) is 2.51. The lowest BCUT2D eigenvalue weighted by molar-refractivity contribution is 0.415. The smallest absolute Gasteiger partial charge is 0.220 e. The molecule has 0 amide bonds. The third kappa shape index (κ3) is 2.90. The van der Waals surface area contributed by atoms with Crippen molar-refractivity contribution >= 4 is 11.6 Å². The fraction of sp³-hybridized carbons (Fsp3) is 0.333. The molecule has 0 saturated carbocycles. The zero-order chi connectivity index (χ0) is 14.7. The van der Waals surface area contributed by atoms with E-state index in [1.807, 2.05) is 30.5 Å². The maximum absolute atomic E-state index is 5.78. The minimum atomic E-state index is 0.284. The van der Waals surface area contributed by atoms with Crippen LogP contribution in [0.15, 0.2) is 30.5 Å². The van der Waals surface area contributed by atoms with E-state index in [1.165, 1.54) is 0 Å². The van der Waals surface area contributed by atoms with Crippen LogP contribution in [0.4, 0.5) is 11.6 Å². The number of methoxy groups -OCH3 is 1. The van der Waals surface area contributed by atoms with E-state index < -0.39 is 0 Å². The maximum atomic E-state index is 5.78. The fourth-order valence-electron chi connectivity index (χ4n) is 2.51. The van der Waals surface area contributed by atoms with Crippen molar-refractivity contribution in [1.29, 1.82) is 0 Å². The Morgan fingerprint density at radius 1 is 1.29 bits per heavy atom. The lowest BCUT2D eigenvalue weighted by atomic mass is 10.1. The molecular weight excluding hydrogens is 266 g/mol. The number of hydrogen-bond acceptors (Lipinski definition) is 6. The van der Waals surface area contributed by atoms with Crippen molar-refractivity contribution in [3.8, 4) is 17.0 Å². The van der Waals surface area contributed by atoms with Crippen LogP contribution in [0.25, 0.3) is 11.3 Å². The van der Waals surface area contributed by atoms with Gasteiger partial charge in [0.15, 0.2) is 0 Å². The Balaban J connectivity index is 2.04. The topological polar surface area (TPSA) is 76.3 Å². The van der Waals surface area contributed by atoms with Crippen molar-refractivity contribution in [3.63, 3.8) is 0 Å². The summed E-state index contributed by atoms with van der Waals surface area (Å²) in [5.74, 6) is 1.09. The number of rotatable bonds is 3. The lowest BCUT2D eigenvalue weighted by Gasteiger charge is -2.30. The van der Waals surface area contributed by atoms with Gasteiger partial charge in [0.25, 0.3) is 0 Å². The van der Waals surface area contributed by atoms with Gasteiger partial charge in [0.2, 0.25) is 5.95 Å². The summed E-state index contributed by atoms with van der Waals surface area (Å²) in [6.07, 6.45) is 1.81. The molecule has 0 atom stereocenters. The number of piperazine rings is 1. The van der Waals surface area contributed by atoms with Crippen LogP contribution in [-0.2, 0) is 0 Å². The van der Waals surface area contributed by atoms with E-state index in [0.717, 1.165) is 48.9 Å². The molecule has 21 heavy (non-hydrogen) atoms. The molecule has 1 aliphatic rings. The van der Waals surface area contributed by atoms with Crippen molar-refractivity contribution in [2.24, 2.45) is 0 Å². The van der Waals surface area contributed by atoms with Gasteiger partial charge in [-0.25, -0.2) is 9.97 Å². The van der Waals surface area contributed by atoms with Gasteiger partial charge in [-0.1, -0.05) is 12.1 Å². The van der Waals surface area contributed by atoms with E-state index in [1.54, 1.807) is 7.11 Å². The van der Waals surface area contributed by atoms with Gasteiger partial charge < -0.3 is 20.7 Å². The average molecular weight is 285 g/mol. The van der Waals surface area contributed by atoms with Crippen LogP contribution in [0.5, 0.6) is 5.75 Å². The van der Waals surface area contributed by atoms with Crippen molar-refractivity contribution in [3.05, 3.63) is 30.5 Å². The highest BCUT2D eigenvalue weighted by atomic mass is 16.5. The van der Waals surface area contributed by atoms with Crippen LogP contribution in [0.1, 0.15) is 0 Å². The van der Waals surface area contributed by atoms with E-state index in [2.05, 4.69) is 20.2 Å². The summed E-state index contributed by atoms with van der Waals surface area (Å²) >= 11 is 0. The zero-order valence-electron chi connectivity index (χ0n) is 12.0. The third-order valence-electron chi connectivity index (χ3n) is 3.59. The third-order valence-corrected chi connectivity index (χ3v) is 3.59. The Hall–Kier alpha value is -2.34. The van der Waals surface area contributed by atoms with Gasteiger partial charge in [-0.05, 0) is 12.1 Å². The molecule has 0 radical (unpaired) electrons. The molecule has 1 saturated heterocycles. The number of ether oxygens (including phenoxy) is 1. The maximum Gasteiger partial charge on any atom is 0.220 e. The molecule has 1 fully saturated rings. The molecule has 1 aliphatic heterocycles. The summed E-state index contributed by atoms with van der Waals surface area (Å²) in [5.41, 5.74) is 8.63. The predicted molar refractivity (Wildman–Crippen MR) is 83.5 cm³/mol. The number of hydrogen-bond donors (Lipinski definition) is 2. The minimum Gasteiger partial charge on any atom is -0.497 e. The van der Waals surface area contributed by atoms with Crippen LogP contribution in [0.3, 0.4) is 0 Å². The Bertz CT molecular complexity index is 625. The average Bonchev–Trinajstić information content (AvgIpc) is 2.55. The number of aromatic nitrogens is 2. The SMILES string of the molecule is COc1cccc(-c2nc(N)ncc2N2CCNCC2)c1. The van der Waals surface area contributed by atoms with Crippen molar-refractivity contribution < 1.29 is 4.74 Å². The molecule has 1 aromatic heterocycles. The number of benzene rings is 1. The Labute approximate surface area is 124 Å². The number of anilines is 2. The van der Waals surface area contributed by atoms with E-state index in [4.69, 9.17) is 10.5 Å². The van der Waals surface area contributed by atoms with Crippen LogP contribution in [0, 0.1) is 0 Å². The number of nitrogen functional groups attached to an aromatic ring is 1. The monoisotopic (exact) mass is 285 g/mol. The highest BCUT2D eigenvalue weighted by Crippen LogP contribution is 2.31. The summed E-state index contributed by atoms with van der Waals surface area (Å²) < 4.78 is 5.29. The molecule has 0 bridgehead atoms. The van der Waals surface area contributed by atoms with Crippen LogP contribution in [-0.4, -0.2) is 43.3 Å². The quantitative estimate of drug-likeness (QED) is 0.881. The first kappa shape index (κ1) is 13.6. The number of nitrogens with two attached hydrogens (primary N) is 1. The molecule has 2 heterocycles. The highest BCUT2D eigenvalue weighted by molar-refractivity contribution is 5.76. The first-order valence-corrected chi connectivity index (χ1v) is 7.00. The number of nitrogens with one attached hydrogen (secondary N) is 1. The molecular formula is C15H19N5O. The van der Waals surface area contributed by atoms with Crippen molar-refractivity contribution in [2.45, 2.75) is 0 Å². The molecule has 3 N–H and O–H groups in total. The van der Waals surface area contributed by atoms with Gasteiger partial charge in [-0.15, -0.1) is 0 Å². The molecule has 6 nitrogen and oxygen atoms in total. The van der Waals surface area contributed by atoms with E-state index in [9.17, 15) is 0 Å². The molecule has 0 spiro atoms. The Kier molecular flexibility index (Phi) is 3.87. The molecule has 3 rings (SSSR count). The first-order valence-electron chi connectivity index (χ1n) is 7.00. The van der Waals surface area contributed by atoms with Gasteiger partial charge in [0.05, 0.1) is 24.7 Å². The van der Waals surface area contributed by atoms with Gasteiger partial charge in [-0.2, -0.15) is 0 Å². The molecule has 0 unspecified atom stereocenters. The van der Waals surface area contributed by atoms with Gasteiger partial charge >= 0.3 is 0 Å². The van der Waals surface area contributed by atoms with Crippen LogP contribution < -0.4 is 20.7 Å². The van der Waals surface area contributed by atoms with Crippen molar-refractivity contribution in [2.75, 3.05) is 43.9 Å². The standard InChI is InChI=1S/C15H19N5O/c1-21-12-4-2-3-11(9-12)14-13(10-18-15(16)19-14)20-7-5-17-6-8-20/h2-4,9-10,17H,5-8H2,1H3,(H2,16,18,19). The second-order valence-corrected chi connectivity index (χ2v) is 4.93. The van der Waals surface area contributed by atoms with Crippen LogP contribution >= 0.6 is 0 Å². The molecule has 0 aliphatic carbocycles. The van der Waals surface area contributed by atoms with Gasteiger partial charge in [-0.3, -0.25) is 0 Å². The predicted octanol–water partition coefficient (Wildman–Crippen LogP) is 1.14. The van der Waals surface area contributed by atoms with E-state index in [0.29, 0.717) is 0 Å². The normalized spacial score (nSPS) is 15.0. The highest BCUT2D eigenvalue weighted by Gasteiger charge is 2.17. The van der Waals surface area contributed by atoms with E-state index in [-0.39, 0.29) is 5.95 Å². The molecule has 1 aromatic carbocycles. The van der Waals surface area contributed by atoms with Gasteiger partial charge in [0, 0.05) is 31.7 Å².